The van der Waals surface area contributed by atoms with Crippen LogP contribution in [0.3, 0.4) is 0 Å². The lowest BCUT2D eigenvalue weighted by Gasteiger charge is -2.12. The summed E-state index contributed by atoms with van der Waals surface area (Å²) in [6.45, 7) is 0. The molecule has 2 aromatic carbocycles. The largest absolute Gasteiger partial charge is 0.497 e. The fourth-order valence-corrected chi connectivity index (χ4v) is 2.73. The number of rotatable bonds is 4. The topological polar surface area (TPSA) is 74.4 Å². The summed E-state index contributed by atoms with van der Waals surface area (Å²) in [6.07, 6.45) is 0. The first kappa shape index (κ1) is 16.1. The number of nitrogens with two attached hydrogens (primary N) is 1. The molecule has 0 radical (unpaired) electrons. The summed E-state index contributed by atoms with van der Waals surface area (Å²) in [5, 5.41) is 1.12. The molecule has 0 aliphatic carbocycles. The molecule has 122 valence electrons. The molecule has 6 heteroatoms. The van der Waals surface area contributed by atoms with Crippen molar-refractivity contribution in [2.24, 2.45) is 5.73 Å². The number of methoxy groups -OCH3 is 2. The van der Waals surface area contributed by atoms with Crippen molar-refractivity contribution >= 4 is 28.4 Å². The minimum Gasteiger partial charge on any atom is -0.497 e. The summed E-state index contributed by atoms with van der Waals surface area (Å²) in [4.78, 5) is 16.5. The molecule has 0 atom stereocenters. The van der Waals surface area contributed by atoms with E-state index < -0.39 is 5.91 Å². The van der Waals surface area contributed by atoms with Crippen molar-refractivity contribution in [1.29, 1.82) is 0 Å². The lowest BCUT2D eigenvalue weighted by atomic mass is 10.0. The molecule has 0 aliphatic rings. The second-order valence-corrected chi connectivity index (χ2v) is 5.58. The summed E-state index contributed by atoms with van der Waals surface area (Å²) in [5.41, 5.74) is 7.78. The van der Waals surface area contributed by atoms with Crippen LogP contribution < -0.4 is 15.2 Å². The number of benzene rings is 2. The van der Waals surface area contributed by atoms with Gasteiger partial charge < -0.3 is 15.2 Å². The highest BCUT2D eigenvalue weighted by molar-refractivity contribution is 6.31. The van der Waals surface area contributed by atoms with Crippen LogP contribution >= 0.6 is 11.6 Å². The second-order valence-electron chi connectivity index (χ2n) is 5.15. The van der Waals surface area contributed by atoms with Crippen LogP contribution in [0.4, 0.5) is 0 Å². The fourth-order valence-electron chi connectivity index (χ4n) is 2.55. The van der Waals surface area contributed by atoms with Crippen LogP contribution in [0.25, 0.3) is 22.2 Å². The highest BCUT2D eigenvalue weighted by Gasteiger charge is 2.15. The zero-order valence-electron chi connectivity index (χ0n) is 13.2. The first-order valence-electron chi connectivity index (χ1n) is 7.16. The number of hydrogen-bond acceptors (Lipinski definition) is 4. The number of nitrogens with zero attached hydrogens (tertiary/aromatic N) is 1. The van der Waals surface area contributed by atoms with E-state index in [1.54, 1.807) is 56.7 Å². The van der Waals surface area contributed by atoms with E-state index in [0.717, 1.165) is 0 Å². The van der Waals surface area contributed by atoms with Crippen LogP contribution in [0.15, 0.2) is 42.5 Å². The molecule has 2 N–H and O–H groups in total. The summed E-state index contributed by atoms with van der Waals surface area (Å²) in [6, 6.07) is 12.2. The lowest BCUT2D eigenvalue weighted by Crippen LogP contribution is -2.12. The predicted molar refractivity (Wildman–Crippen MR) is 93.8 cm³/mol. The average Bonchev–Trinajstić information content (AvgIpc) is 2.60. The van der Waals surface area contributed by atoms with Gasteiger partial charge in [-0.15, -0.1) is 0 Å². The van der Waals surface area contributed by atoms with Crippen molar-refractivity contribution in [2.45, 2.75) is 0 Å². The molecular formula is C18H15ClN2O3. The van der Waals surface area contributed by atoms with Gasteiger partial charge in [0.05, 0.1) is 31.0 Å². The van der Waals surface area contributed by atoms with Crippen LogP contribution in [0.5, 0.6) is 11.5 Å². The van der Waals surface area contributed by atoms with Gasteiger partial charge in [0.2, 0.25) is 5.91 Å². The van der Waals surface area contributed by atoms with Crippen LogP contribution in [0.1, 0.15) is 10.4 Å². The predicted octanol–water partition coefficient (Wildman–Crippen LogP) is 3.67. The number of pyridine rings is 1. The van der Waals surface area contributed by atoms with Crippen molar-refractivity contribution in [3.05, 3.63) is 53.1 Å². The average molecular weight is 343 g/mol. The standard InChI is InChI=1S/C18H15ClN2O3/c1-23-11-4-6-17(24-2)14(8-11)16-9-13(18(20)22)12-7-10(19)3-5-15(12)21-16/h3-9H,1-2H3,(H2,20,22). The van der Waals surface area contributed by atoms with Gasteiger partial charge in [-0.2, -0.15) is 0 Å². The Hall–Kier alpha value is -2.79. The van der Waals surface area contributed by atoms with Crippen LogP contribution in [-0.4, -0.2) is 25.1 Å². The summed E-state index contributed by atoms with van der Waals surface area (Å²) >= 11 is 6.02. The molecule has 1 aromatic heterocycles. The third kappa shape index (κ3) is 2.86. The molecular weight excluding hydrogens is 328 g/mol. The van der Waals surface area contributed by atoms with Crippen molar-refractivity contribution in [3.63, 3.8) is 0 Å². The summed E-state index contributed by atoms with van der Waals surface area (Å²) < 4.78 is 10.7. The minimum absolute atomic E-state index is 0.349. The normalized spacial score (nSPS) is 10.6. The number of amides is 1. The third-order valence-corrected chi connectivity index (χ3v) is 3.95. The highest BCUT2D eigenvalue weighted by atomic mass is 35.5. The maximum Gasteiger partial charge on any atom is 0.249 e. The molecule has 1 heterocycles. The van der Waals surface area contributed by atoms with Crippen LogP contribution in [0.2, 0.25) is 5.02 Å². The monoisotopic (exact) mass is 342 g/mol. The fraction of sp³-hybridized carbons (Fsp3) is 0.111. The van der Waals surface area contributed by atoms with Gasteiger partial charge in [-0.25, -0.2) is 4.98 Å². The zero-order chi connectivity index (χ0) is 17.3. The number of primary amides is 1. The summed E-state index contributed by atoms with van der Waals surface area (Å²) in [5.74, 6) is 0.726. The van der Waals surface area contributed by atoms with Crippen molar-refractivity contribution in [1.82, 2.24) is 4.98 Å². The maximum absolute atomic E-state index is 11.9. The van der Waals surface area contributed by atoms with Gasteiger partial charge in [0.1, 0.15) is 11.5 Å². The SMILES string of the molecule is COc1ccc(OC)c(-c2cc(C(N)=O)c3cc(Cl)ccc3n2)c1. The zero-order valence-corrected chi connectivity index (χ0v) is 13.9. The Balaban J connectivity index is 2.31. The molecule has 3 rings (SSSR count). The van der Waals surface area contributed by atoms with Gasteiger partial charge in [0.25, 0.3) is 0 Å². The number of carbonyl (C=O) groups is 1. The van der Waals surface area contributed by atoms with E-state index in [1.807, 2.05) is 0 Å². The Labute approximate surface area is 144 Å². The maximum atomic E-state index is 11.9. The Kier molecular flexibility index (Phi) is 4.27. The number of halogens is 1. The van der Waals surface area contributed by atoms with Crippen molar-refractivity contribution < 1.29 is 14.3 Å². The van der Waals surface area contributed by atoms with Crippen molar-refractivity contribution in [2.75, 3.05) is 14.2 Å². The lowest BCUT2D eigenvalue weighted by molar-refractivity contribution is 0.100. The number of aromatic nitrogens is 1. The van der Waals surface area contributed by atoms with Crippen LogP contribution in [-0.2, 0) is 0 Å². The molecule has 0 fully saturated rings. The second kappa shape index (κ2) is 6.37. The van der Waals surface area contributed by atoms with Crippen LogP contribution in [0, 0.1) is 0 Å². The van der Waals surface area contributed by atoms with Gasteiger partial charge in [0.15, 0.2) is 0 Å². The first-order chi connectivity index (χ1) is 11.5. The van der Waals surface area contributed by atoms with Gasteiger partial charge in [-0.1, -0.05) is 11.6 Å². The minimum atomic E-state index is -0.548. The molecule has 0 saturated heterocycles. The van der Waals surface area contributed by atoms with E-state index in [-0.39, 0.29) is 0 Å². The molecule has 0 spiro atoms. The Morgan fingerprint density at radius 3 is 2.54 bits per heavy atom. The van der Waals surface area contributed by atoms with E-state index >= 15 is 0 Å². The van der Waals surface area contributed by atoms with E-state index in [4.69, 9.17) is 26.8 Å². The number of hydrogen-bond donors (Lipinski definition) is 1. The molecule has 24 heavy (non-hydrogen) atoms. The molecule has 3 aromatic rings. The molecule has 5 nitrogen and oxygen atoms in total. The van der Waals surface area contributed by atoms with Gasteiger partial charge in [-0.3, -0.25) is 4.79 Å². The van der Waals surface area contributed by atoms with Crippen molar-refractivity contribution in [3.8, 4) is 22.8 Å². The third-order valence-electron chi connectivity index (χ3n) is 3.72. The molecule has 0 bridgehead atoms. The van der Waals surface area contributed by atoms with E-state index in [1.165, 1.54) is 0 Å². The number of ether oxygens (including phenoxy) is 2. The van der Waals surface area contributed by atoms with E-state index in [9.17, 15) is 4.79 Å². The van der Waals surface area contributed by atoms with Gasteiger partial charge >= 0.3 is 0 Å². The first-order valence-corrected chi connectivity index (χ1v) is 7.54. The Morgan fingerprint density at radius 1 is 1.08 bits per heavy atom. The molecule has 1 amide bonds. The number of carbonyl (C=O) groups excluding carboxylic acids is 1. The Bertz CT molecular complexity index is 941. The van der Waals surface area contributed by atoms with Gasteiger partial charge in [0, 0.05) is 16.0 Å². The van der Waals surface area contributed by atoms with Gasteiger partial charge in [-0.05, 0) is 42.5 Å². The van der Waals surface area contributed by atoms with E-state index in [2.05, 4.69) is 4.98 Å². The number of fused-ring (bicyclic) bond motifs is 1. The molecule has 0 aliphatic heterocycles. The smallest absolute Gasteiger partial charge is 0.249 e. The molecule has 0 unspecified atom stereocenters. The summed E-state index contributed by atoms with van der Waals surface area (Å²) in [7, 11) is 3.15. The Morgan fingerprint density at radius 2 is 1.88 bits per heavy atom. The quantitative estimate of drug-likeness (QED) is 0.785. The molecule has 0 saturated carbocycles. The highest BCUT2D eigenvalue weighted by Crippen LogP contribution is 2.34. The van der Waals surface area contributed by atoms with E-state index in [0.29, 0.717) is 44.2 Å².